The highest BCUT2D eigenvalue weighted by atomic mass is 16.6. The summed E-state index contributed by atoms with van der Waals surface area (Å²) in [4.78, 5) is 32.8. The van der Waals surface area contributed by atoms with E-state index < -0.39 is 11.7 Å². The molecule has 0 unspecified atom stereocenters. The normalized spacial score (nSPS) is 15.7. The van der Waals surface area contributed by atoms with Gasteiger partial charge in [0.25, 0.3) is 5.91 Å². The van der Waals surface area contributed by atoms with E-state index in [1.54, 1.807) is 0 Å². The Hall–Kier alpha value is -3.29. The molecule has 2 aromatic heterocycles. The predicted octanol–water partition coefficient (Wildman–Crippen LogP) is 5.07. The second-order valence-electron chi connectivity index (χ2n) is 10.0. The van der Waals surface area contributed by atoms with E-state index in [9.17, 15) is 9.59 Å². The molecule has 0 radical (unpaired) electrons. The van der Waals surface area contributed by atoms with Gasteiger partial charge in [-0.25, -0.2) is 9.78 Å². The minimum atomic E-state index is -0.594. The van der Waals surface area contributed by atoms with E-state index in [0.29, 0.717) is 12.3 Å². The fourth-order valence-corrected chi connectivity index (χ4v) is 4.42. The first-order valence-electron chi connectivity index (χ1n) is 12.1. The Kier molecular flexibility index (Phi) is 7.24. The number of amides is 2. The van der Waals surface area contributed by atoms with Gasteiger partial charge >= 0.3 is 6.09 Å². The van der Waals surface area contributed by atoms with Crippen molar-refractivity contribution in [2.45, 2.75) is 76.9 Å². The Balaban J connectivity index is 1.50. The predicted molar refractivity (Wildman–Crippen MR) is 130 cm³/mol. The van der Waals surface area contributed by atoms with Gasteiger partial charge in [0.05, 0.1) is 5.92 Å². The van der Waals surface area contributed by atoms with Crippen LogP contribution in [0.3, 0.4) is 0 Å². The summed E-state index contributed by atoms with van der Waals surface area (Å²) in [5, 5.41) is 7.01. The van der Waals surface area contributed by atoms with Gasteiger partial charge in [-0.1, -0.05) is 37.5 Å². The van der Waals surface area contributed by atoms with Crippen molar-refractivity contribution in [1.29, 1.82) is 0 Å². The lowest BCUT2D eigenvalue weighted by atomic mass is 9.95. The van der Waals surface area contributed by atoms with Gasteiger partial charge in [0.1, 0.15) is 11.9 Å². The summed E-state index contributed by atoms with van der Waals surface area (Å²) in [5.74, 6) is -0.0778. The van der Waals surface area contributed by atoms with Crippen LogP contribution >= 0.6 is 0 Å². The number of nitrogens with one attached hydrogen (secondary N) is 3. The first kappa shape index (κ1) is 23.9. The van der Waals surface area contributed by atoms with E-state index in [4.69, 9.17) is 9.15 Å². The van der Waals surface area contributed by atoms with Crippen LogP contribution in [0.1, 0.15) is 80.7 Å². The molecule has 3 aromatic rings. The lowest BCUT2D eigenvalue weighted by Gasteiger charge is -2.22. The van der Waals surface area contributed by atoms with Crippen LogP contribution < -0.4 is 10.6 Å². The Morgan fingerprint density at radius 2 is 1.97 bits per heavy atom. The van der Waals surface area contributed by atoms with Crippen molar-refractivity contribution in [3.63, 3.8) is 0 Å². The molecule has 182 valence electrons. The van der Waals surface area contributed by atoms with E-state index in [1.807, 2.05) is 45.2 Å². The topological polar surface area (TPSA) is 109 Å². The van der Waals surface area contributed by atoms with Crippen molar-refractivity contribution in [2.75, 3.05) is 6.54 Å². The molecule has 0 bridgehead atoms. The second kappa shape index (κ2) is 10.3. The summed E-state index contributed by atoms with van der Waals surface area (Å²) in [7, 11) is 0. The molecule has 0 saturated heterocycles. The molecule has 1 aromatic carbocycles. The van der Waals surface area contributed by atoms with E-state index in [0.717, 1.165) is 42.1 Å². The average molecular weight is 467 g/mol. The first-order valence-corrected chi connectivity index (χ1v) is 12.1. The van der Waals surface area contributed by atoms with Gasteiger partial charge in [0.2, 0.25) is 0 Å². The highest BCUT2D eigenvalue weighted by molar-refractivity contribution is 5.92. The molecule has 2 heterocycles. The Labute approximate surface area is 199 Å². The summed E-state index contributed by atoms with van der Waals surface area (Å²) in [6.07, 6.45) is 8.94. The molecule has 1 aliphatic rings. The molecule has 1 aliphatic carbocycles. The third-order valence-corrected chi connectivity index (χ3v) is 6.08. The molecule has 34 heavy (non-hydrogen) atoms. The Bertz CT molecular complexity index is 1120. The third kappa shape index (κ3) is 6.18. The molecule has 8 heteroatoms. The number of H-pyrrole nitrogens is 1. The van der Waals surface area contributed by atoms with Gasteiger partial charge in [-0.3, -0.25) is 4.79 Å². The van der Waals surface area contributed by atoms with E-state index in [1.165, 1.54) is 12.7 Å². The van der Waals surface area contributed by atoms with Crippen LogP contribution in [0.25, 0.3) is 10.9 Å². The zero-order chi connectivity index (χ0) is 24.1. The molecule has 0 aliphatic heterocycles. The monoisotopic (exact) mass is 466 g/mol. The standard InChI is InChI=1S/C26H34N4O4/c1-26(2,3)34-25(32)28-15-18(13-17-14-27-21-12-8-7-11-20(17)21)24-30-22(16-33-24)23(31)29-19-9-5-4-6-10-19/h7-8,11-12,14,16,18-19,27H,4-6,9-10,13,15H2,1-3H3,(H,28,32)(H,29,31)/t18-/m0/s1. The van der Waals surface area contributed by atoms with Gasteiger partial charge in [0, 0.05) is 29.7 Å². The van der Waals surface area contributed by atoms with Crippen molar-refractivity contribution in [3.8, 4) is 0 Å². The van der Waals surface area contributed by atoms with Crippen LogP contribution in [0.15, 0.2) is 41.1 Å². The van der Waals surface area contributed by atoms with Gasteiger partial charge in [-0.15, -0.1) is 0 Å². The number of para-hydroxylation sites is 1. The SMILES string of the molecule is CC(C)(C)OC(=O)NC[C@H](Cc1c[nH]c2ccccc12)c1nc(C(=O)NC2CCCCC2)co1. The first-order chi connectivity index (χ1) is 16.3. The number of nitrogens with zero attached hydrogens (tertiary/aromatic N) is 1. The number of hydrogen-bond acceptors (Lipinski definition) is 5. The molecular formula is C26H34N4O4. The maximum Gasteiger partial charge on any atom is 0.407 e. The van der Waals surface area contributed by atoms with Crippen LogP contribution in [0, 0.1) is 0 Å². The number of hydrogen-bond donors (Lipinski definition) is 3. The number of benzene rings is 1. The van der Waals surface area contributed by atoms with Crippen molar-refractivity contribution in [3.05, 3.63) is 53.9 Å². The summed E-state index contributed by atoms with van der Waals surface area (Å²) >= 11 is 0. The van der Waals surface area contributed by atoms with Crippen molar-refractivity contribution < 1.29 is 18.7 Å². The minimum absolute atomic E-state index is 0.192. The maximum absolute atomic E-state index is 12.7. The number of carbonyl (C=O) groups excluding carboxylic acids is 2. The third-order valence-electron chi connectivity index (χ3n) is 6.08. The van der Waals surface area contributed by atoms with Crippen LogP contribution in [-0.4, -0.2) is 40.2 Å². The van der Waals surface area contributed by atoms with Gasteiger partial charge < -0.3 is 24.8 Å². The highest BCUT2D eigenvalue weighted by Gasteiger charge is 2.25. The molecule has 3 N–H and O–H groups in total. The number of alkyl carbamates (subject to hydrolysis) is 1. The van der Waals surface area contributed by atoms with Gasteiger partial charge in [0.15, 0.2) is 11.6 Å². The van der Waals surface area contributed by atoms with Crippen LogP contribution in [0.4, 0.5) is 4.79 Å². The van der Waals surface area contributed by atoms with Crippen molar-refractivity contribution in [2.24, 2.45) is 0 Å². The van der Waals surface area contributed by atoms with Gasteiger partial charge in [-0.2, -0.15) is 0 Å². The fourth-order valence-electron chi connectivity index (χ4n) is 4.42. The molecular weight excluding hydrogens is 432 g/mol. The summed E-state index contributed by atoms with van der Waals surface area (Å²) < 4.78 is 11.1. The zero-order valence-corrected chi connectivity index (χ0v) is 20.1. The van der Waals surface area contributed by atoms with Crippen LogP contribution in [0.5, 0.6) is 0 Å². The summed E-state index contributed by atoms with van der Waals surface area (Å²) in [6, 6.07) is 8.24. The molecule has 1 saturated carbocycles. The number of rotatable bonds is 7. The van der Waals surface area contributed by atoms with E-state index in [2.05, 4.69) is 26.7 Å². The molecule has 8 nitrogen and oxygen atoms in total. The Morgan fingerprint density at radius 3 is 2.74 bits per heavy atom. The fraction of sp³-hybridized carbons (Fsp3) is 0.500. The average Bonchev–Trinajstić information content (AvgIpc) is 3.44. The van der Waals surface area contributed by atoms with E-state index >= 15 is 0 Å². The number of fused-ring (bicyclic) bond motifs is 1. The largest absolute Gasteiger partial charge is 0.448 e. The lowest BCUT2D eigenvalue weighted by Crippen LogP contribution is -2.36. The molecule has 0 spiro atoms. The molecule has 1 atom stereocenters. The quantitative estimate of drug-likeness (QED) is 0.450. The number of aromatic nitrogens is 2. The molecule has 2 amide bonds. The Morgan fingerprint density at radius 1 is 1.21 bits per heavy atom. The zero-order valence-electron chi connectivity index (χ0n) is 20.1. The van der Waals surface area contributed by atoms with Crippen LogP contribution in [-0.2, 0) is 11.2 Å². The lowest BCUT2D eigenvalue weighted by molar-refractivity contribution is 0.0523. The maximum atomic E-state index is 12.7. The minimum Gasteiger partial charge on any atom is -0.448 e. The smallest absolute Gasteiger partial charge is 0.407 e. The van der Waals surface area contributed by atoms with Crippen molar-refractivity contribution >= 4 is 22.9 Å². The number of carbonyl (C=O) groups is 2. The van der Waals surface area contributed by atoms with E-state index in [-0.39, 0.29) is 30.1 Å². The summed E-state index contributed by atoms with van der Waals surface area (Å²) in [6.45, 7) is 5.72. The second-order valence-corrected chi connectivity index (χ2v) is 10.0. The molecule has 1 fully saturated rings. The number of oxazole rings is 1. The molecule has 4 rings (SSSR count). The number of ether oxygens (including phenoxy) is 1. The highest BCUT2D eigenvalue weighted by Crippen LogP contribution is 2.26. The van der Waals surface area contributed by atoms with Crippen LogP contribution in [0.2, 0.25) is 0 Å². The van der Waals surface area contributed by atoms with Crippen molar-refractivity contribution in [1.82, 2.24) is 20.6 Å². The number of aromatic amines is 1. The van der Waals surface area contributed by atoms with Gasteiger partial charge in [-0.05, 0) is 51.7 Å². The summed E-state index contributed by atoms with van der Waals surface area (Å²) in [5.41, 5.74) is 1.79.